The first kappa shape index (κ1) is 17.3. The maximum atomic E-state index is 12.2. The summed E-state index contributed by atoms with van der Waals surface area (Å²) < 4.78 is 10.9. The van der Waals surface area contributed by atoms with Gasteiger partial charge in [0.2, 0.25) is 5.91 Å². The van der Waals surface area contributed by atoms with Crippen molar-refractivity contribution in [1.82, 2.24) is 10.5 Å². The number of carbonyl (C=O) groups excluding carboxylic acids is 1. The minimum atomic E-state index is -0.345. The third kappa shape index (κ3) is 4.47. The smallest absolute Gasteiger partial charge is 0.224 e. The van der Waals surface area contributed by atoms with E-state index < -0.39 is 0 Å². The number of rotatable bonds is 7. The summed E-state index contributed by atoms with van der Waals surface area (Å²) in [6.07, 6.45) is 2.05. The van der Waals surface area contributed by atoms with Gasteiger partial charge in [-0.15, -0.1) is 0 Å². The van der Waals surface area contributed by atoms with Crippen LogP contribution in [0.2, 0.25) is 0 Å². The van der Waals surface area contributed by atoms with E-state index in [0.29, 0.717) is 18.9 Å². The quantitative estimate of drug-likeness (QED) is 0.783. The molecule has 1 aliphatic rings. The van der Waals surface area contributed by atoms with Crippen LogP contribution < -0.4 is 5.32 Å². The number of ether oxygens (including phenoxy) is 1. The van der Waals surface area contributed by atoms with Gasteiger partial charge in [0.05, 0.1) is 30.9 Å². The number of aromatic nitrogens is 1. The van der Waals surface area contributed by atoms with E-state index in [-0.39, 0.29) is 24.5 Å². The highest BCUT2D eigenvalue weighted by atomic mass is 32.2. The summed E-state index contributed by atoms with van der Waals surface area (Å²) in [4.78, 5) is 12.2. The van der Waals surface area contributed by atoms with Gasteiger partial charge in [-0.25, -0.2) is 0 Å². The Bertz CT molecular complexity index is 478. The zero-order valence-electron chi connectivity index (χ0n) is 13.2. The van der Waals surface area contributed by atoms with Crippen molar-refractivity contribution in [3.05, 3.63) is 17.0 Å². The molecule has 2 rings (SSSR count). The topological polar surface area (TPSA) is 84.6 Å². The molecule has 0 radical (unpaired) electrons. The van der Waals surface area contributed by atoms with Crippen LogP contribution >= 0.6 is 11.8 Å². The molecule has 2 N–H and O–H groups in total. The van der Waals surface area contributed by atoms with Crippen molar-refractivity contribution in [2.24, 2.45) is 0 Å². The molecule has 1 aromatic heterocycles. The number of hydrogen-bond donors (Lipinski definition) is 2. The molecular weight excluding hydrogens is 304 g/mol. The Hall–Kier alpha value is -1.05. The van der Waals surface area contributed by atoms with Crippen molar-refractivity contribution in [3.8, 4) is 0 Å². The highest BCUT2D eigenvalue weighted by Crippen LogP contribution is 2.30. The standard InChI is InChI=1S/C15H24N2O4S/c1-11-13(12(2)21-17-11)9-14(19)16-10-15(20-6-5-18)3-7-22-8-4-15/h18H,3-10H2,1-2H3,(H,16,19). The van der Waals surface area contributed by atoms with Crippen LogP contribution in [0.15, 0.2) is 4.52 Å². The molecule has 7 heteroatoms. The fourth-order valence-corrected chi connectivity index (χ4v) is 3.85. The summed E-state index contributed by atoms with van der Waals surface area (Å²) in [7, 11) is 0. The normalized spacial score (nSPS) is 17.4. The second-order valence-electron chi connectivity index (χ2n) is 5.62. The first-order valence-electron chi connectivity index (χ1n) is 7.57. The van der Waals surface area contributed by atoms with E-state index in [1.54, 1.807) is 0 Å². The number of amides is 1. The molecule has 0 atom stereocenters. The summed E-state index contributed by atoms with van der Waals surface area (Å²) in [6, 6.07) is 0. The monoisotopic (exact) mass is 328 g/mol. The predicted molar refractivity (Wildman–Crippen MR) is 85.0 cm³/mol. The summed E-state index contributed by atoms with van der Waals surface area (Å²) >= 11 is 1.90. The molecule has 6 nitrogen and oxygen atoms in total. The Morgan fingerprint density at radius 3 is 2.77 bits per heavy atom. The van der Waals surface area contributed by atoms with Crippen LogP contribution in [0.4, 0.5) is 0 Å². The summed E-state index contributed by atoms with van der Waals surface area (Å²) in [5.74, 6) is 2.67. The third-order valence-electron chi connectivity index (χ3n) is 4.03. The van der Waals surface area contributed by atoms with Crippen LogP contribution in [-0.2, 0) is 16.0 Å². The van der Waals surface area contributed by atoms with Crippen molar-refractivity contribution >= 4 is 17.7 Å². The van der Waals surface area contributed by atoms with E-state index in [2.05, 4.69) is 10.5 Å². The van der Waals surface area contributed by atoms with E-state index in [1.165, 1.54) is 0 Å². The predicted octanol–water partition coefficient (Wildman–Crippen LogP) is 1.22. The largest absolute Gasteiger partial charge is 0.394 e. The number of aliphatic hydroxyl groups excluding tert-OH is 1. The van der Waals surface area contributed by atoms with Crippen molar-refractivity contribution in [1.29, 1.82) is 0 Å². The van der Waals surface area contributed by atoms with E-state index in [4.69, 9.17) is 14.4 Å². The molecule has 0 spiro atoms. The molecule has 2 heterocycles. The Labute approximate surface area is 135 Å². The van der Waals surface area contributed by atoms with Gasteiger partial charge in [0.1, 0.15) is 5.76 Å². The Kier molecular flexibility index (Phi) is 6.28. The molecule has 1 aliphatic heterocycles. The number of aliphatic hydroxyl groups is 1. The van der Waals surface area contributed by atoms with Gasteiger partial charge in [0, 0.05) is 12.1 Å². The van der Waals surface area contributed by atoms with Crippen LogP contribution in [-0.4, -0.2) is 53.0 Å². The van der Waals surface area contributed by atoms with Gasteiger partial charge >= 0.3 is 0 Å². The van der Waals surface area contributed by atoms with Gasteiger partial charge < -0.3 is 19.7 Å². The summed E-state index contributed by atoms with van der Waals surface area (Å²) in [5.41, 5.74) is 1.26. The third-order valence-corrected chi connectivity index (χ3v) is 5.02. The van der Waals surface area contributed by atoms with Crippen LogP contribution in [0.1, 0.15) is 29.9 Å². The lowest BCUT2D eigenvalue weighted by Gasteiger charge is -2.37. The lowest BCUT2D eigenvalue weighted by atomic mass is 9.96. The van der Waals surface area contributed by atoms with E-state index >= 15 is 0 Å². The molecular formula is C15H24N2O4S. The molecule has 0 aromatic carbocycles. The fourth-order valence-electron chi connectivity index (χ4n) is 2.61. The lowest BCUT2D eigenvalue weighted by molar-refractivity contribution is -0.123. The average molecular weight is 328 g/mol. The minimum Gasteiger partial charge on any atom is -0.394 e. The molecule has 0 unspecified atom stereocenters. The molecule has 0 saturated carbocycles. The van der Waals surface area contributed by atoms with E-state index in [1.807, 2.05) is 25.6 Å². The molecule has 1 saturated heterocycles. The molecule has 22 heavy (non-hydrogen) atoms. The SMILES string of the molecule is Cc1noc(C)c1CC(=O)NCC1(OCCO)CCSCC1. The first-order chi connectivity index (χ1) is 10.6. The van der Waals surface area contributed by atoms with Crippen LogP contribution in [0.25, 0.3) is 0 Å². The Morgan fingerprint density at radius 2 is 2.18 bits per heavy atom. The van der Waals surface area contributed by atoms with Crippen molar-refractivity contribution in [2.45, 2.75) is 38.7 Å². The van der Waals surface area contributed by atoms with Gasteiger partial charge in [-0.3, -0.25) is 4.79 Å². The highest BCUT2D eigenvalue weighted by Gasteiger charge is 2.33. The molecule has 1 fully saturated rings. The first-order valence-corrected chi connectivity index (χ1v) is 8.73. The average Bonchev–Trinajstić information content (AvgIpc) is 2.84. The Morgan fingerprint density at radius 1 is 1.45 bits per heavy atom. The minimum absolute atomic E-state index is 0.00190. The lowest BCUT2D eigenvalue weighted by Crippen LogP contribution is -2.48. The number of aryl methyl sites for hydroxylation is 2. The van der Waals surface area contributed by atoms with Crippen molar-refractivity contribution in [3.63, 3.8) is 0 Å². The van der Waals surface area contributed by atoms with Gasteiger partial charge in [-0.1, -0.05) is 5.16 Å². The van der Waals surface area contributed by atoms with Crippen molar-refractivity contribution < 1.29 is 19.2 Å². The van der Waals surface area contributed by atoms with Gasteiger partial charge in [0.15, 0.2) is 0 Å². The number of nitrogens with zero attached hydrogens (tertiary/aromatic N) is 1. The van der Waals surface area contributed by atoms with Gasteiger partial charge in [-0.05, 0) is 38.2 Å². The second kappa shape index (κ2) is 7.99. The van der Waals surface area contributed by atoms with Crippen LogP contribution in [0, 0.1) is 13.8 Å². The molecule has 1 amide bonds. The molecule has 0 bridgehead atoms. The van der Waals surface area contributed by atoms with Gasteiger partial charge in [0.25, 0.3) is 0 Å². The fraction of sp³-hybridized carbons (Fsp3) is 0.733. The van der Waals surface area contributed by atoms with Crippen molar-refractivity contribution in [2.75, 3.05) is 31.3 Å². The van der Waals surface area contributed by atoms with E-state index in [0.717, 1.165) is 35.6 Å². The zero-order chi connectivity index (χ0) is 16.0. The zero-order valence-corrected chi connectivity index (χ0v) is 14.0. The number of nitrogens with one attached hydrogen (secondary N) is 1. The molecule has 0 aliphatic carbocycles. The van der Waals surface area contributed by atoms with Crippen LogP contribution in [0.3, 0.4) is 0 Å². The number of carbonyl (C=O) groups is 1. The number of hydrogen-bond acceptors (Lipinski definition) is 6. The molecule has 124 valence electrons. The maximum Gasteiger partial charge on any atom is 0.224 e. The molecule has 1 aromatic rings. The highest BCUT2D eigenvalue weighted by molar-refractivity contribution is 7.99. The number of thioether (sulfide) groups is 1. The second-order valence-corrected chi connectivity index (χ2v) is 6.85. The maximum absolute atomic E-state index is 12.2. The van der Waals surface area contributed by atoms with Crippen LogP contribution in [0.5, 0.6) is 0 Å². The summed E-state index contributed by atoms with van der Waals surface area (Å²) in [6.45, 7) is 4.44. The summed E-state index contributed by atoms with van der Waals surface area (Å²) in [5, 5.41) is 15.8. The van der Waals surface area contributed by atoms with Gasteiger partial charge in [-0.2, -0.15) is 11.8 Å². The Balaban J connectivity index is 1.90. The van der Waals surface area contributed by atoms with E-state index in [9.17, 15) is 4.79 Å².